The fraction of sp³-hybridized carbons (Fsp3) is 0.0667. The Morgan fingerprint density at radius 2 is 2.09 bits per heavy atom. The summed E-state index contributed by atoms with van der Waals surface area (Å²) >= 11 is 3.25. The van der Waals surface area contributed by atoms with E-state index in [4.69, 9.17) is 0 Å². The number of thiazole rings is 1. The van der Waals surface area contributed by atoms with Gasteiger partial charge in [-0.3, -0.25) is 9.36 Å². The maximum Gasteiger partial charge on any atom is 0.263 e. The van der Waals surface area contributed by atoms with Crippen molar-refractivity contribution in [1.82, 2.24) is 19.5 Å². The van der Waals surface area contributed by atoms with Crippen LogP contribution in [0.3, 0.4) is 0 Å². The normalized spacial score (nSPS) is 11.1. The molecule has 0 aromatic carbocycles. The summed E-state index contributed by atoms with van der Waals surface area (Å²) in [6.07, 6.45) is 3.16. The first kappa shape index (κ1) is 13.3. The second kappa shape index (κ2) is 5.43. The molecule has 4 aromatic rings. The monoisotopic (exact) mass is 326 g/mol. The highest BCUT2D eigenvalue weighted by atomic mass is 32.1. The highest BCUT2D eigenvalue weighted by Crippen LogP contribution is 2.27. The topological polar surface area (TPSA) is 60.7 Å². The average Bonchev–Trinajstić information content (AvgIpc) is 3.21. The minimum atomic E-state index is -0.0937. The average molecular weight is 326 g/mol. The van der Waals surface area contributed by atoms with E-state index >= 15 is 0 Å². The van der Waals surface area contributed by atoms with Crippen LogP contribution in [-0.2, 0) is 6.54 Å². The van der Waals surface area contributed by atoms with Crippen molar-refractivity contribution in [3.63, 3.8) is 0 Å². The summed E-state index contributed by atoms with van der Waals surface area (Å²) in [6.45, 7) is 0.415. The molecule has 0 aliphatic heterocycles. The molecule has 0 atom stereocenters. The summed E-state index contributed by atoms with van der Waals surface area (Å²) in [5.41, 5.74) is 1.24. The summed E-state index contributed by atoms with van der Waals surface area (Å²) in [5, 5.41) is 5.52. The molecule has 0 saturated carbocycles. The lowest BCUT2D eigenvalue weighted by atomic mass is 10.3. The molecule has 4 heterocycles. The Morgan fingerprint density at radius 1 is 1.14 bits per heavy atom. The van der Waals surface area contributed by atoms with Crippen LogP contribution in [0, 0.1) is 0 Å². The van der Waals surface area contributed by atoms with Crippen molar-refractivity contribution in [3.05, 3.63) is 63.6 Å². The third-order valence-electron chi connectivity index (χ3n) is 3.21. The van der Waals surface area contributed by atoms with Crippen molar-refractivity contribution < 1.29 is 0 Å². The van der Waals surface area contributed by atoms with E-state index in [1.165, 1.54) is 6.33 Å². The van der Waals surface area contributed by atoms with Gasteiger partial charge in [-0.15, -0.1) is 22.7 Å². The van der Waals surface area contributed by atoms with Crippen molar-refractivity contribution >= 4 is 33.7 Å². The highest BCUT2D eigenvalue weighted by Gasteiger charge is 2.09. The second-order valence-corrected chi connectivity index (χ2v) is 6.48. The number of hydrogen-bond acceptors (Lipinski definition) is 6. The molecule has 0 saturated heterocycles. The summed E-state index contributed by atoms with van der Waals surface area (Å²) < 4.78 is 1.57. The Bertz CT molecular complexity index is 988. The van der Waals surface area contributed by atoms with Gasteiger partial charge < -0.3 is 0 Å². The molecule has 4 rings (SSSR count). The molecular formula is C15H10N4OS2. The van der Waals surface area contributed by atoms with E-state index in [0.717, 1.165) is 15.6 Å². The maximum atomic E-state index is 12.4. The molecule has 5 nitrogen and oxygen atoms in total. The molecule has 0 aliphatic carbocycles. The molecule has 0 amide bonds. The van der Waals surface area contributed by atoms with Crippen molar-refractivity contribution in [3.8, 4) is 9.88 Å². The van der Waals surface area contributed by atoms with Crippen molar-refractivity contribution in [1.29, 1.82) is 0 Å². The van der Waals surface area contributed by atoms with Gasteiger partial charge >= 0.3 is 0 Å². The number of thiophene rings is 1. The van der Waals surface area contributed by atoms with Gasteiger partial charge in [-0.05, 0) is 23.6 Å². The molecule has 0 radical (unpaired) electrons. The third kappa shape index (κ3) is 2.34. The minimum absolute atomic E-state index is 0.0937. The molecule has 0 spiro atoms. The lowest BCUT2D eigenvalue weighted by Crippen LogP contribution is -2.21. The highest BCUT2D eigenvalue weighted by molar-refractivity contribution is 7.20. The Balaban J connectivity index is 1.69. The van der Waals surface area contributed by atoms with Gasteiger partial charge in [0.2, 0.25) is 0 Å². The van der Waals surface area contributed by atoms with Crippen LogP contribution in [0.25, 0.3) is 20.9 Å². The molecule has 0 aliphatic rings. The Morgan fingerprint density at radius 3 is 2.95 bits per heavy atom. The van der Waals surface area contributed by atoms with E-state index in [-0.39, 0.29) is 5.56 Å². The molecule has 0 unspecified atom stereocenters. The minimum Gasteiger partial charge on any atom is -0.293 e. The van der Waals surface area contributed by atoms with Crippen LogP contribution in [0.1, 0.15) is 5.69 Å². The smallest absolute Gasteiger partial charge is 0.263 e. The zero-order valence-corrected chi connectivity index (χ0v) is 13.0. The molecule has 0 fully saturated rings. The number of aromatic nitrogens is 4. The lowest BCUT2D eigenvalue weighted by molar-refractivity contribution is 0.733. The van der Waals surface area contributed by atoms with Crippen LogP contribution in [0.5, 0.6) is 0 Å². The Labute approximate surface area is 133 Å². The molecular weight excluding hydrogens is 316 g/mol. The molecule has 22 heavy (non-hydrogen) atoms. The van der Waals surface area contributed by atoms with Crippen LogP contribution in [-0.4, -0.2) is 19.5 Å². The molecule has 0 N–H and O–H groups in total. The predicted octanol–water partition coefficient (Wildman–Crippen LogP) is 3.02. The van der Waals surface area contributed by atoms with E-state index in [2.05, 4.69) is 15.0 Å². The standard InChI is InChI=1S/C15H10N4OS2/c20-15-11-3-1-5-16-13(11)17-9-19(15)7-10-8-22-14(18-10)12-4-2-6-21-12/h1-6,8-9H,7H2. The van der Waals surface area contributed by atoms with Gasteiger partial charge in [-0.25, -0.2) is 15.0 Å². The second-order valence-electron chi connectivity index (χ2n) is 4.67. The van der Waals surface area contributed by atoms with Gasteiger partial charge in [0, 0.05) is 11.6 Å². The first-order valence-corrected chi connectivity index (χ1v) is 8.35. The lowest BCUT2D eigenvalue weighted by Gasteiger charge is -2.03. The van der Waals surface area contributed by atoms with E-state index in [1.807, 2.05) is 22.9 Å². The molecule has 4 aromatic heterocycles. The van der Waals surface area contributed by atoms with Crippen LogP contribution in [0.15, 0.2) is 52.3 Å². The van der Waals surface area contributed by atoms with Gasteiger partial charge in [0.25, 0.3) is 5.56 Å². The number of rotatable bonds is 3. The van der Waals surface area contributed by atoms with Gasteiger partial charge in [0.1, 0.15) is 11.3 Å². The first-order valence-electron chi connectivity index (χ1n) is 6.60. The van der Waals surface area contributed by atoms with Gasteiger partial charge in [-0.1, -0.05) is 6.07 Å². The van der Waals surface area contributed by atoms with Crippen LogP contribution in [0.2, 0.25) is 0 Å². The van der Waals surface area contributed by atoms with Crippen molar-refractivity contribution in [2.24, 2.45) is 0 Å². The van der Waals surface area contributed by atoms with Crippen molar-refractivity contribution in [2.75, 3.05) is 0 Å². The fourth-order valence-electron chi connectivity index (χ4n) is 2.18. The van der Waals surface area contributed by atoms with Gasteiger partial charge in [-0.2, -0.15) is 0 Å². The van der Waals surface area contributed by atoms with Crippen LogP contribution < -0.4 is 5.56 Å². The van der Waals surface area contributed by atoms with Crippen molar-refractivity contribution in [2.45, 2.75) is 6.54 Å². The molecule has 7 heteroatoms. The number of hydrogen-bond donors (Lipinski definition) is 0. The van der Waals surface area contributed by atoms with Gasteiger partial charge in [0.05, 0.1) is 22.5 Å². The zero-order chi connectivity index (χ0) is 14.9. The van der Waals surface area contributed by atoms with E-state index < -0.39 is 0 Å². The molecule has 0 bridgehead atoms. The van der Waals surface area contributed by atoms with Crippen LogP contribution >= 0.6 is 22.7 Å². The van der Waals surface area contributed by atoms with E-state index in [0.29, 0.717) is 17.6 Å². The fourth-order valence-corrected chi connectivity index (χ4v) is 3.80. The summed E-state index contributed by atoms with van der Waals surface area (Å²) in [4.78, 5) is 26.5. The number of fused-ring (bicyclic) bond motifs is 1. The number of nitrogens with zero attached hydrogens (tertiary/aromatic N) is 4. The summed E-state index contributed by atoms with van der Waals surface area (Å²) in [5.74, 6) is 0. The SMILES string of the molecule is O=c1c2cccnc2ncn1Cc1csc(-c2cccs2)n1. The quantitative estimate of drug-likeness (QED) is 0.580. The summed E-state index contributed by atoms with van der Waals surface area (Å²) in [6, 6.07) is 7.54. The Hall–Kier alpha value is -2.38. The van der Waals surface area contributed by atoms with E-state index in [1.54, 1.807) is 45.6 Å². The Kier molecular flexibility index (Phi) is 3.28. The largest absolute Gasteiger partial charge is 0.293 e. The zero-order valence-electron chi connectivity index (χ0n) is 11.3. The predicted molar refractivity (Wildman–Crippen MR) is 88.3 cm³/mol. The maximum absolute atomic E-state index is 12.4. The molecule has 108 valence electrons. The third-order valence-corrected chi connectivity index (χ3v) is 5.14. The summed E-state index contributed by atoms with van der Waals surface area (Å²) in [7, 11) is 0. The van der Waals surface area contributed by atoms with Gasteiger partial charge in [0.15, 0.2) is 5.65 Å². The van der Waals surface area contributed by atoms with E-state index in [9.17, 15) is 4.79 Å². The first-order chi connectivity index (χ1) is 10.8. The number of pyridine rings is 1. The van der Waals surface area contributed by atoms with Crippen LogP contribution in [0.4, 0.5) is 0 Å².